The van der Waals surface area contributed by atoms with Crippen LogP contribution in [0.2, 0.25) is 0 Å². The Bertz CT molecular complexity index is 286. The van der Waals surface area contributed by atoms with Gasteiger partial charge < -0.3 is 15.8 Å². The van der Waals surface area contributed by atoms with Crippen LogP contribution < -0.4 is 11.1 Å². The second-order valence-electron chi connectivity index (χ2n) is 6.68. The fraction of sp³-hybridized carbons (Fsp3) is 0.929. The number of rotatable bonds is 4. The van der Waals surface area contributed by atoms with Crippen LogP contribution in [-0.2, 0) is 9.53 Å². The van der Waals surface area contributed by atoms with Gasteiger partial charge in [-0.2, -0.15) is 0 Å². The maximum absolute atomic E-state index is 11.8. The Morgan fingerprint density at radius 2 is 2.17 bits per heavy atom. The van der Waals surface area contributed by atoms with E-state index >= 15 is 0 Å². The lowest BCUT2D eigenvalue weighted by Gasteiger charge is -2.39. The highest BCUT2D eigenvalue weighted by molar-refractivity contribution is 5.77. The minimum Gasteiger partial charge on any atom is -0.364 e. The van der Waals surface area contributed by atoms with E-state index in [1.807, 2.05) is 20.8 Å². The Balaban J connectivity index is 2.46. The van der Waals surface area contributed by atoms with E-state index < -0.39 is 0 Å². The van der Waals surface area contributed by atoms with E-state index in [2.05, 4.69) is 12.2 Å². The first kappa shape index (κ1) is 15.4. The average molecular weight is 256 g/mol. The van der Waals surface area contributed by atoms with Crippen LogP contribution in [0.4, 0.5) is 0 Å². The molecule has 0 aliphatic heterocycles. The van der Waals surface area contributed by atoms with E-state index in [1.54, 1.807) is 0 Å². The van der Waals surface area contributed by atoms with Gasteiger partial charge >= 0.3 is 0 Å². The molecular weight excluding hydrogens is 228 g/mol. The van der Waals surface area contributed by atoms with E-state index in [-0.39, 0.29) is 23.7 Å². The predicted octanol–water partition coefficient (Wildman–Crippen LogP) is 1.83. The fourth-order valence-electron chi connectivity index (χ4n) is 2.66. The molecule has 1 aliphatic carbocycles. The molecule has 1 rings (SSSR count). The zero-order chi connectivity index (χ0) is 13.8. The molecule has 1 amide bonds. The summed E-state index contributed by atoms with van der Waals surface area (Å²) in [6.45, 7) is 8.73. The second kappa shape index (κ2) is 6.02. The van der Waals surface area contributed by atoms with Gasteiger partial charge in [0.15, 0.2) is 0 Å². The van der Waals surface area contributed by atoms with E-state index in [9.17, 15) is 4.79 Å². The zero-order valence-electron chi connectivity index (χ0n) is 12.2. The second-order valence-corrected chi connectivity index (χ2v) is 6.68. The summed E-state index contributed by atoms with van der Waals surface area (Å²) < 4.78 is 5.86. The molecule has 0 aromatic carbocycles. The van der Waals surface area contributed by atoms with Crippen LogP contribution in [0.3, 0.4) is 0 Å². The van der Waals surface area contributed by atoms with Gasteiger partial charge in [-0.05, 0) is 39.5 Å². The smallest absolute Gasteiger partial charge is 0.246 e. The summed E-state index contributed by atoms with van der Waals surface area (Å²) in [6, 6.07) is 0. The predicted molar refractivity (Wildman–Crippen MR) is 73.3 cm³/mol. The van der Waals surface area contributed by atoms with Crippen LogP contribution in [0.25, 0.3) is 0 Å². The van der Waals surface area contributed by atoms with Gasteiger partial charge in [0, 0.05) is 12.1 Å². The highest BCUT2D eigenvalue weighted by Gasteiger charge is 2.35. The molecule has 1 fully saturated rings. The first-order valence-electron chi connectivity index (χ1n) is 6.91. The van der Waals surface area contributed by atoms with Gasteiger partial charge in [-0.15, -0.1) is 0 Å². The minimum atomic E-state index is -0.285. The summed E-state index contributed by atoms with van der Waals surface area (Å²) >= 11 is 0. The Hall–Kier alpha value is -0.610. The molecule has 0 radical (unpaired) electrons. The summed E-state index contributed by atoms with van der Waals surface area (Å²) in [6.07, 6.45) is 4.31. The molecule has 18 heavy (non-hydrogen) atoms. The molecule has 3 N–H and O–H groups in total. The molecule has 1 aliphatic rings. The number of nitrogens with one attached hydrogen (secondary N) is 1. The summed E-state index contributed by atoms with van der Waals surface area (Å²) in [5.74, 6) is 0.571. The van der Waals surface area contributed by atoms with Gasteiger partial charge in [0.05, 0.1) is 5.60 Å². The highest BCUT2D eigenvalue weighted by Crippen LogP contribution is 2.34. The number of ether oxygens (including phenoxy) is 1. The van der Waals surface area contributed by atoms with Crippen molar-refractivity contribution in [3.63, 3.8) is 0 Å². The van der Waals surface area contributed by atoms with Crippen molar-refractivity contribution in [1.29, 1.82) is 0 Å². The number of carbonyl (C=O) groups excluding carboxylic acids is 1. The van der Waals surface area contributed by atoms with Crippen LogP contribution in [0.1, 0.15) is 53.4 Å². The lowest BCUT2D eigenvalue weighted by atomic mass is 9.79. The van der Waals surface area contributed by atoms with E-state index in [0.29, 0.717) is 12.5 Å². The van der Waals surface area contributed by atoms with Crippen molar-refractivity contribution in [2.75, 3.05) is 13.2 Å². The van der Waals surface area contributed by atoms with Gasteiger partial charge in [0.25, 0.3) is 0 Å². The molecule has 0 aromatic rings. The monoisotopic (exact) mass is 256 g/mol. The quantitative estimate of drug-likeness (QED) is 0.806. The van der Waals surface area contributed by atoms with Crippen molar-refractivity contribution in [1.82, 2.24) is 5.32 Å². The molecule has 4 nitrogen and oxygen atoms in total. The molecule has 0 spiro atoms. The van der Waals surface area contributed by atoms with E-state index in [4.69, 9.17) is 10.5 Å². The Morgan fingerprint density at radius 3 is 2.67 bits per heavy atom. The SMILES string of the molecule is CC1CCCC(CN)(OCC(=O)NC(C)(C)C)C1. The first-order valence-corrected chi connectivity index (χ1v) is 6.91. The molecule has 0 saturated heterocycles. The molecule has 0 heterocycles. The van der Waals surface area contributed by atoms with Crippen molar-refractivity contribution in [2.45, 2.75) is 64.5 Å². The number of carbonyl (C=O) groups is 1. The maximum Gasteiger partial charge on any atom is 0.246 e. The fourth-order valence-corrected chi connectivity index (χ4v) is 2.66. The Kier molecular flexibility index (Phi) is 5.17. The third-order valence-corrected chi connectivity index (χ3v) is 3.45. The third kappa shape index (κ3) is 4.94. The van der Waals surface area contributed by atoms with Crippen LogP contribution in [0, 0.1) is 5.92 Å². The average Bonchev–Trinajstić information content (AvgIpc) is 2.24. The summed E-state index contributed by atoms with van der Waals surface area (Å²) in [5.41, 5.74) is 5.36. The standard InChI is InChI=1S/C14H28N2O2/c1-11-6-5-7-14(8-11,10-15)18-9-12(17)16-13(2,3)4/h11H,5-10,15H2,1-4H3,(H,16,17). The number of amides is 1. The largest absolute Gasteiger partial charge is 0.364 e. The molecule has 106 valence electrons. The lowest BCUT2D eigenvalue weighted by molar-refractivity contribution is -0.138. The molecule has 1 saturated carbocycles. The normalized spacial score (nSPS) is 29.1. The summed E-state index contributed by atoms with van der Waals surface area (Å²) in [5, 5.41) is 2.91. The van der Waals surface area contributed by atoms with Crippen LogP contribution in [0.15, 0.2) is 0 Å². The number of hydrogen-bond donors (Lipinski definition) is 2. The van der Waals surface area contributed by atoms with Crippen molar-refractivity contribution in [3.05, 3.63) is 0 Å². The van der Waals surface area contributed by atoms with Crippen molar-refractivity contribution in [2.24, 2.45) is 11.7 Å². The Morgan fingerprint density at radius 1 is 1.50 bits per heavy atom. The van der Waals surface area contributed by atoms with Gasteiger partial charge in [0.2, 0.25) is 5.91 Å². The topological polar surface area (TPSA) is 64.3 Å². The van der Waals surface area contributed by atoms with Gasteiger partial charge in [0.1, 0.15) is 6.61 Å². The van der Waals surface area contributed by atoms with Crippen molar-refractivity contribution in [3.8, 4) is 0 Å². The molecule has 2 atom stereocenters. The highest BCUT2D eigenvalue weighted by atomic mass is 16.5. The van der Waals surface area contributed by atoms with E-state index in [1.165, 1.54) is 6.42 Å². The number of hydrogen-bond acceptors (Lipinski definition) is 3. The van der Waals surface area contributed by atoms with Gasteiger partial charge in [-0.3, -0.25) is 4.79 Å². The van der Waals surface area contributed by atoms with Gasteiger partial charge in [-0.25, -0.2) is 0 Å². The van der Waals surface area contributed by atoms with E-state index in [0.717, 1.165) is 19.3 Å². The van der Waals surface area contributed by atoms with Crippen molar-refractivity contribution < 1.29 is 9.53 Å². The van der Waals surface area contributed by atoms with Crippen LogP contribution >= 0.6 is 0 Å². The van der Waals surface area contributed by atoms with Gasteiger partial charge in [-0.1, -0.05) is 19.8 Å². The summed E-state index contributed by atoms with van der Waals surface area (Å²) in [4.78, 5) is 11.8. The zero-order valence-corrected chi connectivity index (χ0v) is 12.2. The maximum atomic E-state index is 11.8. The molecule has 2 unspecified atom stereocenters. The summed E-state index contributed by atoms with van der Waals surface area (Å²) in [7, 11) is 0. The van der Waals surface area contributed by atoms with Crippen molar-refractivity contribution >= 4 is 5.91 Å². The third-order valence-electron chi connectivity index (χ3n) is 3.45. The molecule has 0 aromatic heterocycles. The molecule has 4 heteroatoms. The molecule has 0 bridgehead atoms. The minimum absolute atomic E-state index is 0.0615. The molecular formula is C14H28N2O2. The Labute approximate surface area is 111 Å². The van der Waals surface area contributed by atoms with Crippen LogP contribution in [-0.4, -0.2) is 30.2 Å². The first-order chi connectivity index (χ1) is 8.26. The lowest BCUT2D eigenvalue weighted by Crippen LogP contribution is -2.48. The van der Waals surface area contributed by atoms with Crippen LogP contribution in [0.5, 0.6) is 0 Å². The number of nitrogens with two attached hydrogens (primary N) is 1.